The largest absolute Gasteiger partial charge is 0.478 e. The van der Waals surface area contributed by atoms with Crippen LogP contribution in [0.1, 0.15) is 10.4 Å². The van der Waals surface area contributed by atoms with E-state index in [9.17, 15) is 4.79 Å². The molecule has 0 saturated heterocycles. The Balaban J connectivity index is 1.87. The van der Waals surface area contributed by atoms with Crippen LogP contribution in [0.15, 0.2) is 48.7 Å². The first-order valence-corrected chi connectivity index (χ1v) is 6.51. The number of hydrogen-bond donors (Lipinski definition) is 3. The first-order chi connectivity index (χ1) is 10.2. The molecule has 2 heterocycles. The molecule has 0 fully saturated rings. The standard InChI is InChI=1S/C16H11N3O2/c20-16(21)11-3-4-12-14(8-11)19-15(18-12)10-2-1-9-5-6-17-13(9)7-10/h1-8,17H,(H,18,19)(H,20,21). The lowest BCUT2D eigenvalue weighted by Crippen LogP contribution is -1.94. The number of carboxylic acids is 1. The lowest BCUT2D eigenvalue weighted by atomic mass is 10.1. The van der Waals surface area contributed by atoms with Gasteiger partial charge in [0.05, 0.1) is 16.6 Å². The number of carbonyl (C=O) groups is 1. The fourth-order valence-electron chi connectivity index (χ4n) is 2.47. The van der Waals surface area contributed by atoms with Crippen molar-refractivity contribution in [2.45, 2.75) is 0 Å². The van der Waals surface area contributed by atoms with Gasteiger partial charge in [0.25, 0.3) is 0 Å². The van der Waals surface area contributed by atoms with Gasteiger partial charge in [-0.25, -0.2) is 9.78 Å². The summed E-state index contributed by atoms with van der Waals surface area (Å²) >= 11 is 0. The van der Waals surface area contributed by atoms with Crippen LogP contribution < -0.4 is 0 Å². The summed E-state index contributed by atoms with van der Waals surface area (Å²) in [6.07, 6.45) is 1.90. The number of carboxylic acid groups (broad SMARTS) is 1. The molecule has 0 aliphatic heterocycles. The molecule has 0 amide bonds. The van der Waals surface area contributed by atoms with E-state index in [0.717, 1.165) is 33.3 Å². The van der Waals surface area contributed by atoms with Crippen LogP contribution in [0.4, 0.5) is 0 Å². The second kappa shape index (κ2) is 4.21. The van der Waals surface area contributed by atoms with Crippen molar-refractivity contribution in [2.24, 2.45) is 0 Å². The predicted molar refractivity (Wildman–Crippen MR) is 80.3 cm³/mol. The first kappa shape index (κ1) is 11.7. The number of aromatic carboxylic acids is 1. The average Bonchev–Trinajstić information content (AvgIpc) is 3.11. The summed E-state index contributed by atoms with van der Waals surface area (Å²) < 4.78 is 0. The minimum atomic E-state index is -0.944. The normalized spacial score (nSPS) is 11.2. The number of fused-ring (bicyclic) bond motifs is 2. The van der Waals surface area contributed by atoms with Gasteiger partial charge in [0, 0.05) is 17.3 Å². The fourth-order valence-corrected chi connectivity index (χ4v) is 2.47. The third-order valence-corrected chi connectivity index (χ3v) is 3.56. The quantitative estimate of drug-likeness (QED) is 0.525. The Bertz CT molecular complexity index is 981. The summed E-state index contributed by atoms with van der Waals surface area (Å²) in [6, 6.07) is 12.9. The van der Waals surface area contributed by atoms with Gasteiger partial charge in [-0.2, -0.15) is 0 Å². The van der Waals surface area contributed by atoms with E-state index in [1.54, 1.807) is 18.2 Å². The first-order valence-electron chi connectivity index (χ1n) is 6.51. The molecule has 0 unspecified atom stereocenters. The van der Waals surface area contributed by atoms with Crippen molar-refractivity contribution in [1.29, 1.82) is 0 Å². The van der Waals surface area contributed by atoms with E-state index in [1.165, 1.54) is 0 Å². The SMILES string of the molecule is O=C(O)c1ccc2nc(-c3ccc4cc[nH]c4c3)[nH]c2c1. The second-order valence-corrected chi connectivity index (χ2v) is 4.90. The van der Waals surface area contributed by atoms with Crippen LogP contribution in [0.3, 0.4) is 0 Å². The zero-order valence-electron chi connectivity index (χ0n) is 10.9. The third-order valence-electron chi connectivity index (χ3n) is 3.56. The molecule has 0 atom stereocenters. The van der Waals surface area contributed by atoms with Gasteiger partial charge in [-0.3, -0.25) is 0 Å². The van der Waals surface area contributed by atoms with E-state index in [2.05, 4.69) is 15.0 Å². The van der Waals surface area contributed by atoms with Crippen molar-refractivity contribution in [3.8, 4) is 11.4 Å². The topological polar surface area (TPSA) is 81.8 Å². The highest BCUT2D eigenvalue weighted by atomic mass is 16.4. The van der Waals surface area contributed by atoms with Gasteiger partial charge in [0.2, 0.25) is 0 Å². The van der Waals surface area contributed by atoms with E-state index in [1.807, 2.05) is 30.5 Å². The summed E-state index contributed by atoms with van der Waals surface area (Å²) in [4.78, 5) is 21.9. The summed E-state index contributed by atoms with van der Waals surface area (Å²) in [6.45, 7) is 0. The molecule has 4 rings (SSSR count). The van der Waals surface area contributed by atoms with Gasteiger partial charge in [-0.05, 0) is 35.7 Å². The summed E-state index contributed by atoms with van der Waals surface area (Å²) in [5, 5.41) is 10.2. The Hall–Kier alpha value is -3.08. The van der Waals surface area contributed by atoms with Crippen LogP contribution in [-0.4, -0.2) is 26.0 Å². The Morgan fingerprint density at radius 2 is 1.95 bits per heavy atom. The number of rotatable bonds is 2. The van der Waals surface area contributed by atoms with Crippen LogP contribution >= 0.6 is 0 Å². The van der Waals surface area contributed by atoms with Gasteiger partial charge >= 0.3 is 5.97 Å². The summed E-state index contributed by atoms with van der Waals surface area (Å²) in [5.74, 6) is -0.218. The molecule has 0 aliphatic rings. The van der Waals surface area contributed by atoms with Crippen molar-refractivity contribution >= 4 is 27.9 Å². The number of nitrogens with one attached hydrogen (secondary N) is 2. The molecule has 0 saturated carbocycles. The van der Waals surface area contributed by atoms with E-state index in [-0.39, 0.29) is 5.56 Å². The van der Waals surface area contributed by atoms with E-state index >= 15 is 0 Å². The number of benzene rings is 2. The number of hydrogen-bond acceptors (Lipinski definition) is 2. The van der Waals surface area contributed by atoms with Gasteiger partial charge in [-0.15, -0.1) is 0 Å². The Morgan fingerprint density at radius 3 is 2.81 bits per heavy atom. The molecule has 102 valence electrons. The number of aromatic nitrogens is 3. The zero-order chi connectivity index (χ0) is 14.4. The van der Waals surface area contributed by atoms with Crippen LogP contribution in [0.2, 0.25) is 0 Å². The van der Waals surface area contributed by atoms with Crippen molar-refractivity contribution < 1.29 is 9.90 Å². The lowest BCUT2D eigenvalue weighted by Gasteiger charge is -1.96. The Labute approximate surface area is 119 Å². The number of imidazole rings is 1. The van der Waals surface area contributed by atoms with Crippen molar-refractivity contribution in [3.05, 3.63) is 54.2 Å². The maximum atomic E-state index is 11.0. The van der Waals surface area contributed by atoms with Crippen LogP contribution in [-0.2, 0) is 0 Å². The van der Waals surface area contributed by atoms with Crippen molar-refractivity contribution in [1.82, 2.24) is 15.0 Å². The average molecular weight is 277 g/mol. The highest BCUT2D eigenvalue weighted by Crippen LogP contribution is 2.24. The minimum absolute atomic E-state index is 0.248. The molecule has 2 aromatic carbocycles. The Morgan fingerprint density at radius 1 is 1.05 bits per heavy atom. The van der Waals surface area contributed by atoms with Crippen LogP contribution in [0.5, 0.6) is 0 Å². The molecule has 21 heavy (non-hydrogen) atoms. The van der Waals surface area contributed by atoms with E-state index in [4.69, 9.17) is 5.11 Å². The smallest absolute Gasteiger partial charge is 0.335 e. The molecule has 2 aromatic heterocycles. The highest BCUT2D eigenvalue weighted by molar-refractivity contribution is 5.93. The Kier molecular flexibility index (Phi) is 2.35. The molecular weight excluding hydrogens is 266 g/mol. The van der Waals surface area contributed by atoms with Crippen molar-refractivity contribution in [2.75, 3.05) is 0 Å². The number of H-pyrrole nitrogens is 2. The molecular formula is C16H11N3O2. The highest BCUT2D eigenvalue weighted by Gasteiger charge is 2.09. The van der Waals surface area contributed by atoms with Gasteiger partial charge in [-0.1, -0.05) is 12.1 Å². The van der Waals surface area contributed by atoms with Gasteiger partial charge < -0.3 is 15.1 Å². The number of aromatic amines is 2. The maximum Gasteiger partial charge on any atom is 0.335 e. The van der Waals surface area contributed by atoms with Crippen LogP contribution in [0, 0.1) is 0 Å². The molecule has 0 bridgehead atoms. The fraction of sp³-hybridized carbons (Fsp3) is 0. The molecule has 5 nitrogen and oxygen atoms in total. The zero-order valence-corrected chi connectivity index (χ0v) is 10.9. The maximum absolute atomic E-state index is 11.0. The summed E-state index contributed by atoms with van der Waals surface area (Å²) in [5.41, 5.74) is 3.72. The molecule has 4 aromatic rings. The van der Waals surface area contributed by atoms with Gasteiger partial charge in [0.1, 0.15) is 5.82 Å². The van der Waals surface area contributed by atoms with E-state index < -0.39 is 5.97 Å². The lowest BCUT2D eigenvalue weighted by molar-refractivity contribution is 0.0697. The summed E-state index contributed by atoms with van der Waals surface area (Å²) in [7, 11) is 0. The van der Waals surface area contributed by atoms with E-state index in [0.29, 0.717) is 0 Å². The molecule has 5 heteroatoms. The predicted octanol–water partition coefficient (Wildman–Crippen LogP) is 3.41. The third kappa shape index (κ3) is 1.87. The number of nitrogens with zero attached hydrogens (tertiary/aromatic N) is 1. The molecule has 3 N–H and O–H groups in total. The molecule has 0 spiro atoms. The monoisotopic (exact) mass is 277 g/mol. The molecule has 0 radical (unpaired) electrons. The molecule has 0 aliphatic carbocycles. The van der Waals surface area contributed by atoms with Crippen molar-refractivity contribution in [3.63, 3.8) is 0 Å². The second-order valence-electron chi connectivity index (χ2n) is 4.90. The minimum Gasteiger partial charge on any atom is -0.478 e. The van der Waals surface area contributed by atoms with Gasteiger partial charge in [0.15, 0.2) is 0 Å². The van der Waals surface area contributed by atoms with Crippen LogP contribution in [0.25, 0.3) is 33.3 Å².